The molecule has 0 radical (unpaired) electrons. The van der Waals surface area contributed by atoms with E-state index >= 15 is 0 Å². The highest BCUT2D eigenvalue weighted by Crippen LogP contribution is 2.66. The van der Waals surface area contributed by atoms with Crippen LogP contribution in [0.5, 0.6) is 0 Å². The maximum absolute atomic E-state index is 4.68. The van der Waals surface area contributed by atoms with Gasteiger partial charge in [-0.3, -0.25) is 0 Å². The second-order valence-electron chi connectivity index (χ2n) is 10.6. The lowest BCUT2D eigenvalue weighted by molar-refractivity contribution is -0.0998. The first-order valence-electron chi connectivity index (χ1n) is 12.0. The molecule has 3 aliphatic carbocycles. The van der Waals surface area contributed by atoms with E-state index in [1.807, 2.05) is 0 Å². The minimum Gasteiger partial charge on any atom is -0.235 e. The van der Waals surface area contributed by atoms with Gasteiger partial charge >= 0.3 is 0 Å². The molecular weight excluding hydrogens is 350 g/mol. The number of nitrogens with one attached hydrogen (secondary N) is 1. The number of hydrogen-bond acceptors (Lipinski definition) is 3. The average molecular weight is 396 g/mol. The van der Waals surface area contributed by atoms with Crippen molar-refractivity contribution in [1.82, 2.24) is 5.48 Å². The monoisotopic (exact) mass is 395 g/mol. The average Bonchev–Trinajstić information content (AvgIpc) is 3.00. The van der Waals surface area contributed by atoms with Gasteiger partial charge < -0.3 is 0 Å². The van der Waals surface area contributed by atoms with Crippen LogP contribution in [-0.2, 0) is 4.28 Å². The summed E-state index contributed by atoms with van der Waals surface area (Å²) < 4.78 is 4.68. The van der Waals surface area contributed by atoms with Crippen molar-refractivity contribution in [2.45, 2.75) is 105 Å². The smallest absolute Gasteiger partial charge is 0.0221 e. The molecule has 0 heterocycles. The third kappa shape index (κ3) is 4.12. The summed E-state index contributed by atoms with van der Waals surface area (Å²) in [5.41, 5.74) is 4.10. The van der Waals surface area contributed by atoms with Crippen molar-refractivity contribution in [2.24, 2.45) is 40.4 Å². The topological polar surface area (TPSA) is 21.3 Å². The molecule has 3 aliphatic rings. The quantitative estimate of drug-likeness (QED) is 0.186. The van der Waals surface area contributed by atoms with Crippen LogP contribution in [0.3, 0.4) is 0 Å². The Hall–Kier alpha value is 0.270. The summed E-state index contributed by atoms with van der Waals surface area (Å²) in [5, 5.41) is 0. The Balaban J connectivity index is 1.65. The Kier molecular flexibility index (Phi) is 7.64. The van der Waals surface area contributed by atoms with Gasteiger partial charge in [0.05, 0.1) is 0 Å². The van der Waals surface area contributed by atoms with Crippen LogP contribution in [0.25, 0.3) is 0 Å². The SMILES string of the molecule is CCCC1CCC2C3CCC(CCCCNOS)C3(C)CCC2[C@@]1(C)CC. The number of hydrogen-bond donors (Lipinski definition) is 2. The van der Waals surface area contributed by atoms with Gasteiger partial charge in [-0.1, -0.05) is 53.4 Å². The predicted octanol–water partition coefficient (Wildman–Crippen LogP) is 7.21. The van der Waals surface area contributed by atoms with E-state index < -0.39 is 0 Å². The first kappa shape index (κ1) is 22.0. The molecule has 27 heavy (non-hydrogen) atoms. The standard InChI is InChI=1S/C24H45NOS/c1-5-9-18-11-13-20-21-14-12-19(10-7-8-17-25-26-27)24(21,4)16-15-22(20)23(18,3)6-2/h18-22,25,27H,5-17H2,1-4H3/t18?,19?,20?,21?,22?,23-,24?/m0/s1. The number of fused-ring (bicyclic) bond motifs is 3. The first-order valence-corrected chi connectivity index (χ1v) is 12.4. The number of unbranched alkanes of at least 4 members (excludes halogenated alkanes) is 1. The fourth-order valence-electron chi connectivity index (χ4n) is 8.12. The first-order chi connectivity index (χ1) is 13.0. The molecule has 0 aromatic carbocycles. The zero-order valence-electron chi connectivity index (χ0n) is 18.4. The van der Waals surface area contributed by atoms with Crippen molar-refractivity contribution in [3.63, 3.8) is 0 Å². The Bertz CT molecular complexity index is 471. The summed E-state index contributed by atoms with van der Waals surface area (Å²) in [6.45, 7) is 11.2. The van der Waals surface area contributed by atoms with Crippen LogP contribution in [0.15, 0.2) is 0 Å². The van der Waals surface area contributed by atoms with E-state index in [2.05, 4.69) is 50.4 Å². The van der Waals surface area contributed by atoms with Gasteiger partial charge in [0.15, 0.2) is 0 Å². The summed E-state index contributed by atoms with van der Waals surface area (Å²) in [7, 11) is 0. The zero-order chi connectivity index (χ0) is 19.5. The van der Waals surface area contributed by atoms with Crippen molar-refractivity contribution >= 4 is 12.9 Å². The van der Waals surface area contributed by atoms with Crippen LogP contribution >= 0.6 is 12.9 Å². The largest absolute Gasteiger partial charge is 0.235 e. The normalized spacial score (nSPS) is 44.1. The second kappa shape index (κ2) is 9.39. The Morgan fingerprint density at radius 3 is 2.41 bits per heavy atom. The summed E-state index contributed by atoms with van der Waals surface area (Å²) in [6, 6.07) is 0. The van der Waals surface area contributed by atoms with Crippen molar-refractivity contribution in [2.75, 3.05) is 6.54 Å². The minimum absolute atomic E-state index is 0.608. The van der Waals surface area contributed by atoms with Gasteiger partial charge in [-0.2, -0.15) is 5.48 Å². The summed E-state index contributed by atoms with van der Waals surface area (Å²) >= 11 is 3.76. The van der Waals surface area contributed by atoms with Crippen LogP contribution < -0.4 is 5.48 Å². The molecule has 0 spiro atoms. The van der Waals surface area contributed by atoms with E-state index in [1.54, 1.807) is 0 Å². The molecule has 3 rings (SSSR count). The fourth-order valence-corrected chi connectivity index (χ4v) is 8.22. The van der Waals surface area contributed by atoms with Gasteiger partial charge in [0.25, 0.3) is 0 Å². The van der Waals surface area contributed by atoms with Crippen LogP contribution in [-0.4, -0.2) is 6.54 Å². The third-order valence-electron chi connectivity index (χ3n) is 9.81. The second-order valence-corrected chi connectivity index (χ2v) is 10.8. The molecule has 3 fully saturated rings. The minimum atomic E-state index is 0.608. The number of hydroxylamine groups is 1. The summed E-state index contributed by atoms with van der Waals surface area (Å²) in [5.74, 6) is 4.97. The molecule has 6 unspecified atom stereocenters. The molecule has 1 N–H and O–H groups in total. The Morgan fingerprint density at radius 2 is 1.70 bits per heavy atom. The Morgan fingerprint density at radius 1 is 0.926 bits per heavy atom. The van der Waals surface area contributed by atoms with Gasteiger partial charge in [-0.25, -0.2) is 4.28 Å². The van der Waals surface area contributed by atoms with Gasteiger partial charge in [0, 0.05) is 6.54 Å². The van der Waals surface area contributed by atoms with Crippen molar-refractivity contribution in [1.29, 1.82) is 0 Å². The maximum atomic E-state index is 4.68. The van der Waals surface area contributed by atoms with Gasteiger partial charge in [0.1, 0.15) is 0 Å². The maximum Gasteiger partial charge on any atom is 0.0221 e. The highest BCUT2D eigenvalue weighted by atomic mass is 32.1. The lowest BCUT2D eigenvalue weighted by Gasteiger charge is -2.59. The van der Waals surface area contributed by atoms with Crippen LogP contribution in [0, 0.1) is 40.4 Å². The van der Waals surface area contributed by atoms with E-state index in [1.165, 1.54) is 77.0 Å². The summed E-state index contributed by atoms with van der Waals surface area (Å²) in [6.07, 6.45) is 17.2. The highest BCUT2D eigenvalue weighted by Gasteiger charge is 2.58. The predicted molar refractivity (Wildman–Crippen MR) is 118 cm³/mol. The molecule has 0 bridgehead atoms. The van der Waals surface area contributed by atoms with E-state index in [4.69, 9.17) is 0 Å². The van der Waals surface area contributed by atoms with E-state index in [0.29, 0.717) is 10.8 Å². The lowest BCUT2D eigenvalue weighted by atomic mass is 9.46. The number of rotatable bonds is 9. The number of thiol groups is 1. The third-order valence-corrected chi connectivity index (χ3v) is 9.94. The fraction of sp³-hybridized carbons (Fsp3) is 1.00. The van der Waals surface area contributed by atoms with Gasteiger partial charge in [0.2, 0.25) is 0 Å². The lowest BCUT2D eigenvalue weighted by Crippen LogP contribution is -2.51. The summed E-state index contributed by atoms with van der Waals surface area (Å²) in [4.78, 5) is 0. The molecule has 7 atom stereocenters. The molecular formula is C24H45NOS. The van der Waals surface area contributed by atoms with Crippen molar-refractivity contribution in [3.8, 4) is 0 Å². The molecule has 0 aromatic rings. The zero-order valence-corrected chi connectivity index (χ0v) is 19.3. The van der Waals surface area contributed by atoms with E-state index in [0.717, 1.165) is 36.1 Å². The Labute approximate surface area is 174 Å². The van der Waals surface area contributed by atoms with Crippen molar-refractivity contribution < 1.29 is 4.28 Å². The molecule has 3 heteroatoms. The van der Waals surface area contributed by atoms with Crippen LogP contribution in [0.4, 0.5) is 0 Å². The van der Waals surface area contributed by atoms with E-state index in [-0.39, 0.29) is 0 Å². The van der Waals surface area contributed by atoms with Crippen molar-refractivity contribution in [3.05, 3.63) is 0 Å². The molecule has 0 saturated heterocycles. The molecule has 0 amide bonds. The highest BCUT2D eigenvalue weighted by molar-refractivity contribution is 7.75. The molecule has 0 aliphatic heterocycles. The van der Waals surface area contributed by atoms with E-state index in [9.17, 15) is 0 Å². The molecule has 2 nitrogen and oxygen atoms in total. The molecule has 158 valence electrons. The van der Waals surface area contributed by atoms with Gasteiger partial charge in [-0.05, 0) is 105 Å². The van der Waals surface area contributed by atoms with Crippen LogP contribution in [0.2, 0.25) is 0 Å². The molecule has 0 aromatic heterocycles. The molecule has 3 saturated carbocycles. The van der Waals surface area contributed by atoms with Crippen LogP contribution in [0.1, 0.15) is 105 Å². The van der Waals surface area contributed by atoms with Gasteiger partial charge in [-0.15, -0.1) is 0 Å².